The molecule has 1 saturated carbocycles. The molecule has 3 heterocycles. The Morgan fingerprint density at radius 3 is 1.91 bits per heavy atom. The molecular weight excluding hydrogens is 641 g/mol. The number of ether oxygens (including phenoxy) is 2. The van der Waals surface area contributed by atoms with Gasteiger partial charge in [-0.2, -0.15) is 0 Å². The summed E-state index contributed by atoms with van der Waals surface area (Å²) < 4.78 is 11.1. The van der Waals surface area contributed by atoms with Crippen LogP contribution in [0.5, 0.6) is 11.8 Å². The Hall–Kier alpha value is -3.87. The maximum atomic E-state index is 11.5. The number of aliphatic hydroxyl groups is 1. The molecule has 1 aliphatic carbocycles. The van der Waals surface area contributed by atoms with E-state index in [0.717, 1.165) is 17.5 Å². The maximum Gasteiger partial charge on any atom is 0.237 e. The molecule has 0 bridgehead atoms. The van der Waals surface area contributed by atoms with Crippen molar-refractivity contribution in [2.75, 3.05) is 20.8 Å². The SMILES string of the molecule is COc1nc(-c2cccc(-c3cccc(-c4cnc(CNC5CC(C)(O)C5)c(OC)n4)c3Cl)c2Cl)cnc1CNC[C@@H]1CCC(=O)N1. The van der Waals surface area contributed by atoms with Gasteiger partial charge in [-0.3, -0.25) is 14.8 Å². The van der Waals surface area contributed by atoms with Crippen molar-refractivity contribution < 1.29 is 19.4 Å². The van der Waals surface area contributed by atoms with E-state index in [1.165, 1.54) is 0 Å². The lowest BCUT2D eigenvalue weighted by Crippen LogP contribution is -2.51. The van der Waals surface area contributed by atoms with Crippen molar-refractivity contribution in [2.45, 2.75) is 63.4 Å². The predicted molar refractivity (Wildman–Crippen MR) is 180 cm³/mol. The molecule has 0 unspecified atom stereocenters. The Morgan fingerprint density at radius 2 is 1.43 bits per heavy atom. The van der Waals surface area contributed by atoms with E-state index >= 15 is 0 Å². The van der Waals surface area contributed by atoms with Crippen LogP contribution in [0, 0.1) is 0 Å². The molecule has 2 aromatic carbocycles. The molecule has 6 rings (SSSR count). The maximum absolute atomic E-state index is 11.5. The summed E-state index contributed by atoms with van der Waals surface area (Å²) in [5.74, 6) is 0.871. The average Bonchev–Trinajstić information content (AvgIpc) is 3.47. The highest BCUT2D eigenvalue weighted by Gasteiger charge is 2.38. The minimum Gasteiger partial charge on any atom is -0.480 e. The largest absolute Gasteiger partial charge is 0.480 e. The second-order valence-corrected chi connectivity index (χ2v) is 12.9. The van der Waals surface area contributed by atoms with Crippen LogP contribution >= 0.6 is 23.2 Å². The highest BCUT2D eigenvalue weighted by atomic mass is 35.5. The first-order valence-corrected chi connectivity index (χ1v) is 16.2. The standard InChI is InChI=1S/C34H37Cl2N7O4/c1-34(45)12-20(13-34)38-18-28-33(47-3)43-26(17-40-28)24-9-5-7-22(31(24)36)21-6-4-8-23(30(21)35)25-16-39-27(32(42-25)46-2)15-37-14-19-10-11-29(44)41-19/h4-9,16-17,19-20,37-38,45H,10-15,18H2,1-3H3,(H,41,44)/t19-,20?,34?/m0/s1. The third-order valence-corrected chi connectivity index (χ3v) is 9.36. The molecule has 2 aromatic heterocycles. The Morgan fingerprint density at radius 1 is 0.894 bits per heavy atom. The number of nitrogens with one attached hydrogen (secondary N) is 3. The minimum absolute atomic E-state index is 0.0821. The molecule has 2 fully saturated rings. The number of halogens is 2. The van der Waals surface area contributed by atoms with Crippen molar-refractivity contribution in [3.8, 4) is 45.4 Å². The van der Waals surface area contributed by atoms with E-state index in [1.54, 1.807) is 26.6 Å². The molecule has 0 radical (unpaired) electrons. The van der Waals surface area contributed by atoms with Gasteiger partial charge in [0.15, 0.2) is 0 Å². The minimum atomic E-state index is -0.610. The van der Waals surface area contributed by atoms with Gasteiger partial charge < -0.3 is 30.5 Å². The van der Waals surface area contributed by atoms with Gasteiger partial charge in [-0.1, -0.05) is 59.6 Å². The molecule has 13 heteroatoms. The molecule has 1 atom stereocenters. The van der Waals surface area contributed by atoms with E-state index in [1.807, 2.05) is 43.3 Å². The molecule has 4 N–H and O–H groups in total. The van der Waals surface area contributed by atoms with Crippen molar-refractivity contribution in [3.63, 3.8) is 0 Å². The smallest absolute Gasteiger partial charge is 0.237 e. The lowest BCUT2D eigenvalue weighted by atomic mass is 9.77. The number of carbonyl (C=O) groups excluding carboxylic acids is 1. The lowest BCUT2D eigenvalue weighted by Gasteiger charge is -2.41. The molecule has 0 spiro atoms. The summed E-state index contributed by atoms with van der Waals surface area (Å²) in [6.07, 6.45) is 6.11. The van der Waals surface area contributed by atoms with Crippen LogP contribution in [0.2, 0.25) is 10.0 Å². The molecule has 11 nitrogen and oxygen atoms in total. The van der Waals surface area contributed by atoms with Crippen molar-refractivity contribution in [1.29, 1.82) is 0 Å². The third kappa shape index (κ3) is 7.34. The van der Waals surface area contributed by atoms with Gasteiger partial charge >= 0.3 is 0 Å². The number of nitrogens with zero attached hydrogens (tertiary/aromatic N) is 4. The number of amides is 1. The van der Waals surface area contributed by atoms with Crippen molar-refractivity contribution in [2.24, 2.45) is 0 Å². The Labute approximate surface area is 283 Å². The van der Waals surface area contributed by atoms with E-state index in [-0.39, 0.29) is 18.0 Å². The number of methoxy groups -OCH3 is 2. The van der Waals surface area contributed by atoms with Crippen molar-refractivity contribution >= 4 is 29.1 Å². The van der Waals surface area contributed by atoms with E-state index in [2.05, 4.69) is 25.9 Å². The lowest BCUT2D eigenvalue weighted by molar-refractivity contribution is -0.119. The number of aromatic nitrogens is 4. The molecule has 47 heavy (non-hydrogen) atoms. The van der Waals surface area contributed by atoms with Crippen LogP contribution in [0.4, 0.5) is 0 Å². The zero-order chi connectivity index (χ0) is 33.1. The Bertz CT molecular complexity index is 1780. The molecular formula is C34H37Cl2N7O4. The fraction of sp³-hybridized carbons (Fsp3) is 0.382. The highest BCUT2D eigenvalue weighted by molar-refractivity contribution is 6.39. The van der Waals surface area contributed by atoms with Crippen molar-refractivity contribution in [1.82, 2.24) is 35.9 Å². The Kier molecular flexibility index (Phi) is 9.90. The van der Waals surface area contributed by atoms with Crippen molar-refractivity contribution in [3.05, 3.63) is 70.2 Å². The number of carbonyl (C=O) groups is 1. The second-order valence-electron chi connectivity index (χ2n) is 12.2. The summed E-state index contributed by atoms with van der Waals surface area (Å²) in [4.78, 5) is 30.2. The van der Waals surface area contributed by atoms with Crippen LogP contribution in [0.15, 0.2) is 48.8 Å². The summed E-state index contributed by atoms with van der Waals surface area (Å²) in [7, 11) is 3.12. The molecule has 4 aromatic rings. The third-order valence-electron chi connectivity index (χ3n) is 8.55. The first kappa shape index (κ1) is 33.0. The number of hydrogen-bond acceptors (Lipinski definition) is 10. The Balaban J connectivity index is 1.22. The van der Waals surface area contributed by atoms with Gasteiger partial charge in [-0.25, -0.2) is 9.97 Å². The normalized spacial score (nSPS) is 20.5. The van der Waals surface area contributed by atoms with Crippen LogP contribution in [0.25, 0.3) is 33.6 Å². The molecule has 246 valence electrons. The van der Waals surface area contributed by atoms with Gasteiger partial charge in [-0.05, 0) is 26.2 Å². The topological polar surface area (TPSA) is 143 Å². The van der Waals surface area contributed by atoms with Crippen LogP contribution in [-0.2, 0) is 17.9 Å². The van der Waals surface area contributed by atoms with Gasteiger partial charge in [0.05, 0.1) is 53.6 Å². The van der Waals surface area contributed by atoms with E-state index in [9.17, 15) is 9.90 Å². The summed E-state index contributed by atoms with van der Waals surface area (Å²) >= 11 is 14.1. The van der Waals surface area contributed by atoms with Gasteiger partial charge in [-0.15, -0.1) is 0 Å². The first-order valence-electron chi connectivity index (χ1n) is 15.5. The number of rotatable bonds is 12. The fourth-order valence-corrected chi connectivity index (χ4v) is 6.73. The number of benzene rings is 2. The summed E-state index contributed by atoms with van der Waals surface area (Å²) in [6.45, 7) is 3.38. The highest BCUT2D eigenvalue weighted by Crippen LogP contribution is 2.42. The zero-order valence-electron chi connectivity index (χ0n) is 26.4. The van der Waals surface area contributed by atoms with Crippen LogP contribution in [0.1, 0.15) is 44.0 Å². The summed E-state index contributed by atoms with van der Waals surface area (Å²) in [5.41, 5.74) is 4.63. The zero-order valence-corrected chi connectivity index (χ0v) is 28.0. The van der Waals surface area contributed by atoms with Gasteiger partial charge in [0.2, 0.25) is 17.7 Å². The summed E-state index contributed by atoms with van der Waals surface area (Å²) in [5, 5.41) is 20.6. The van der Waals surface area contributed by atoms with E-state index < -0.39 is 5.60 Å². The van der Waals surface area contributed by atoms with E-state index in [0.29, 0.717) is 94.6 Å². The van der Waals surface area contributed by atoms with Crippen LogP contribution in [0.3, 0.4) is 0 Å². The molecule has 1 amide bonds. The van der Waals surface area contributed by atoms with Gasteiger partial charge in [0, 0.05) is 60.4 Å². The average molecular weight is 679 g/mol. The van der Waals surface area contributed by atoms with Crippen LogP contribution < -0.4 is 25.4 Å². The first-order chi connectivity index (χ1) is 22.7. The fourth-order valence-electron chi connectivity index (χ4n) is 6.08. The molecule has 1 saturated heterocycles. The second kappa shape index (κ2) is 14.1. The quantitative estimate of drug-likeness (QED) is 0.162. The molecule has 2 aliphatic rings. The van der Waals surface area contributed by atoms with Gasteiger partial charge in [0.1, 0.15) is 11.4 Å². The predicted octanol–water partition coefficient (Wildman–Crippen LogP) is 4.96. The van der Waals surface area contributed by atoms with E-state index in [4.69, 9.17) is 42.6 Å². The summed E-state index contributed by atoms with van der Waals surface area (Å²) in [6, 6.07) is 11.7. The molecule has 1 aliphatic heterocycles. The number of hydrogen-bond donors (Lipinski definition) is 4. The monoisotopic (exact) mass is 677 g/mol. The van der Waals surface area contributed by atoms with Gasteiger partial charge in [0.25, 0.3) is 0 Å². The van der Waals surface area contributed by atoms with Crippen LogP contribution in [-0.4, -0.2) is 69.4 Å².